The summed E-state index contributed by atoms with van der Waals surface area (Å²) < 4.78 is 26.4. The number of pyridine rings is 1. The van der Waals surface area contributed by atoms with Crippen LogP contribution in [0.3, 0.4) is 0 Å². The molecule has 1 saturated carbocycles. The molecule has 23 heavy (non-hydrogen) atoms. The van der Waals surface area contributed by atoms with Crippen molar-refractivity contribution < 1.29 is 8.42 Å². The number of rotatable bonds is 4. The molecule has 8 heteroatoms. The van der Waals surface area contributed by atoms with Crippen LogP contribution in [0.5, 0.6) is 0 Å². The fourth-order valence-corrected chi connectivity index (χ4v) is 4.96. The average molecular weight is 333 g/mol. The molecular formula is C15H19N5O2S. The Kier molecular flexibility index (Phi) is 3.46. The highest BCUT2D eigenvalue weighted by Crippen LogP contribution is 2.33. The molecule has 122 valence electrons. The van der Waals surface area contributed by atoms with Crippen LogP contribution in [0.1, 0.15) is 19.3 Å². The summed E-state index contributed by atoms with van der Waals surface area (Å²) in [6, 6.07) is 3.82. The minimum Gasteiger partial charge on any atom is -0.354 e. The highest BCUT2D eigenvalue weighted by molar-refractivity contribution is 7.90. The Labute approximate surface area is 135 Å². The lowest BCUT2D eigenvalue weighted by molar-refractivity contribution is 0.389. The van der Waals surface area contributed by atoms with Gasteiger partial charge in [-0.05, 0) is 31.4 Å². The third kappa shape index (κ3) is 2.55. The predicted molar refractivity (Wildman–Crippen MR) is 87.7 cm³/mol. The Morgan fingerprint density at radius 2 is 2.04 bits per heavy atom. The lowest BCUT2D eigenvalue weighted by Crippen LogP contribution is -2.40. The maximum atomic E-state index is 12.4. The normalized spacial score (nSPS) is 22.2. The van der Waals surface area contributed by atoms with Crippen molar-refractivity contribution in [1.29, 1.82) is 0 Å². The van der Waals surface area contributed by atoms with Crippen LogP contribution >= 0.6 is 0 Å². The molecule has 2 aliphatic rings. The van der Waals surface area contributed by atoms with Crippen molar-refractivity contribution in [2.24, 2.45) is 0 Å². The van der Waals surface area contributed by atoms with Gasteiger partial charge in [0, 0.05) is 32.4 Å². The van der Waals surface area contributed by atoms with Gasteiger partial charge < -0.3 is 4.90 Å². The summed E-state index contributed by atoms with van der Waals surface area (Å²) in [5, 5.41) is 0.744. The first kappa shape index (κ1) is 14.8. The largest absolute Gasteiger partial charge is 0.354 e. The van der Waals surface area contributed by atoms with E-state index >= 15 is 0 Å². The quantitative estimate of drug-likeness (QED) is 0.831. The molecule has 2 aromatic heterocycles. The number of likely N-dealkylation sites (N-methyl/N-ethyl adjacent to an activating group) is 1. The SMILES string of the molecule is CN(C1CCN(c2ncnc3ncccc23)C1)S(=O)(=O)C1CC1. The number of sulfonamides is 1. The Bertz CT molecular complexity index is 831. The monoisotopic (exact) mass is 333 g/mol. The molecule has 7 nitrogen and oxygen atoms in total. The van der Waals surface area contributed by atoms with Crippen molar-refractivity contribution in [2.45, 2.75) is 30.6 Å². The van der Waals surface area contributed by atoms with E-state index in [0.29, 0.717) is 12.2 Å². The second-order valence-corrected chi connectivity index (χ2v) is 8.49. The third-order valence-corrected chi connectivity index (χ3v) is 7.13. The number of anilines is 1. The van der Waals surface area contributed by atoms with Gasteiger partial charge in [-0.15, -0.1) is 0 Å². The van der Waals surface area contributed by atoms with E-state index in [4.69, 9.17) is 0 Å². The summed E-state index contributed by atoms with van der Waals surface area (Å²) >= 11 is 0. The van der Waals surface area contributed by atoms with E-state index in [1.54, 1.807) is 17.5 Å². The summed E-state index contributed by atoms with van der Waals surface area (Å²) in [7, 11) is -1.43. The van der Waals surface area contributed by atoms with E-state index in [2.05, 4.69) is 19.9 Å². The fraction of sp³-hybridized carbons (Fsp3) is 0.533. The molecule has 1 aliphatic carbocycles. The van der Waals surface area contributed by atoms with Gasteiger partial charge in [-0.2, -0.15) is 4.31 Å². The maximum absolute atomic E-state index is 12.4. The molecule has 2 fully saturated rings. The minimum atomic E-state index is -3.14. The molecule has 1 atom stereocenters. The standard InChI is InChI=1S/C15H19N5O2S/c1-19(23(21,22)12-4-5-12)11-6-8-20(9-11)15-13-3-2-7-16-14(13)17-10-18-15/h2-3,7,10-12H,4-6,8-9H2,1H3. The van der Waals surface area contributed by atoms with Gasteiger partial charge in [0.2, 0.25) is 10.0 Å². The summed E-state index contributed by atoms with van der Waals surface area (Å²) in [5.41, 5.74) is 0.667. The molecule has 0 amide bonds. The summed E-state index contributed by atoms with van der Waals surface area (Å²) in [6.45, 7) is 1.44. The first-order valence-electron chi connectivity index (χ1n) is 7.85. The zero-order valence-corrected chi connectivity index (χ0v) is 13.8. The minimum absolute atomic E-state index is 0.00212. The molecule has 1 saturated heterocycles. The smallest absolute Gasteiger partial charge is 0.217 e. The lowest BCUT2D eigenvalue weighted by Gasteiger charge is -2.24. The Morgan fingerprint density at radius 1 is 1.22 bits per heavy atom. The second kappa shape index (κ2) is 5.38. The van der Waals surface area contributed by atoms with E-state index in [-0.39, 0.29) is 11.3 Å². The van der Waals surface area contributed by atoms with Crippen LogP contribution in [0.15, 0.2) is 24.7 Å². The molecule has 2 aromatic rings. The molecule has 4 rings (SSSR count). The molecule has 1 aliphatic heterocycles. The Balaban J connectivity index is 1.58. The molecule has 0 aromatic carbocycles. The van der Waals surface area contributed by atoms with Crippen molar-refractivity contribution >= 4 is 26.9 Å². The van der Waals surface area contributed by atoms with Crippen LogP contribution < -0.4 is 4.90 Å². The Hall–Kier alpha value is -1.80. The number of aromatic nitrogens is 3. The number of hydrogen-bond acceptors (Lipinski definition) is 6. The maximum Gasteiger partial charge on any atom is 0.217 e. The lowest BCUT2D eigenvalue weighted by atomic mass is 10.3. The van der Waals surface area contributed by atoms with E-state index in [1.807, 2.05) is 12.1 Å². The van der Waals surface area contributed by atoms with Crippen molar-refractivity contribution in [3.05, 3.63) is 24.7 Å². The van der Waals surface area contributed by atoms with Crippen LogP contribution in [0.4, 0.5) is 5.82 Å². The van der Waals surface area contributed by atoms with Gasteiger partial charge in [0.05, 0.1) is 10.6 Å². The second-order valence-electron chi connectivity index (χ2n) is 6.22. The van der Waals surface area contributed by atoms with Crippen LogP contribution in [-0.2, 0) is 10.0 Å². The van der Waals surface area contributed by atoms with Crippen molar-refractivity contribution in [3.8, 4) is 0 Å². The van der Waals surface area contributed by atoms with Crippen molar-refractivity contribution in [3.63, 3.8) is 0 Å². The molecule has 0 spiro atoms. The van der Waals surface area contributed by atoms with E-state index in [0.717, 1.165) is 37.0 Å². The molecule has 0 N–H and O–H groups in total. The van der Waals surface area contributed by atoms with Crippen LogP contribution in [0.25, 0.3) is 11.0 Å². The molecule has 1 unspecified atom stereocenters. The van der Waals surface area contributed by atoms with E-state index in [9.17, 15) is 8.42 Å². The highest BCUT2D eigenvalue weighted by atomic mass is 32.2. The van der Waals surface area contributed by atoms with Gasteiger partial charge in [-0.3, -0.25) is 0 Å². The topological polar surface area (TPSA) is 79.3 Å². The third-order valence-electron chi connectivity index (χ3n) is 4.71. The molecule has 0 radical (unpaired) electrons. The average Bonchev–Trinajstić information content (AvgIpc) is 3.32. The van der Waals surface area contributed by atoms with Gasteiger partial charge in [0.25, 0.3) is 0 Å². The van der Waals surface area contributed by atoms with E-state index < -0.39 is 10.0 Å². The zero-order valence-electron chi connectivity index (χ0n) is 13.0. The summed E-state index contributed by atoms with van der Waals surface area (Å²) in [6.07, 6.45) is 5.63. The fourth-order valence-electron chi connectivity index (χ4n) is 3.17. The van der Waals surface area contributed by atoms with Gasteiger partial charge in [-0.1, -0.05) is 0 Å². The van der Waals surface area contributed by atoms with Crippen molar-refractivity contribution in [2.75, 3.05) is 25.0 Å². The number of hydrogen-bond donors (Lipinski definition) is 0. The highest BCUT2D eigenvalue weighted by Gasteiger charge is 2.42. The van der Waals surface area contributed by atoms with Gasteiger partial charge in [0.1, 0.15) is 12.1 Å². The predicted octanol–water partition coefficient (Wildman–Crippen LogP) is 1.03. The Morgan fingerprint density at radius 3 is 2.83 bits per heavy atom. The van der Waals surface area contributed by atoms with E-state index in [1.165, 1.54) is 6.33 Å². The van der Waals surface area contributed by atoms with Crippen LogP contribution in [0.2, 0.25) is 0 Å². The number of fused-ring (bicyclic) bond motifs is 1. The molecule has 0 bridgehead atoms. The summed E-state index contributed by atoms with van der Waals surface area (Å²) in [4.78, 5) is 15.0. The van der Waals surface area contributed by atoms with Crippen molar-refractivity contribution in [1.82, 2.24) is 19.3 Å². The number of nitrogens with zero attached hydrogens (tertiary/aromatic N) is 5. The molecular weight excluding hydrogens is 314 g/mol. The molecule has 3 heterocycles. The van der Waals surface area contributed by atoms with Crippen LogP contribution in [-0.4, -0.2) is 59.1 Å². The first-order valence-corrected chi connectivity index (χ1v) is 9.35. The van der Waals surface area contributed by atoms with Gasteiger partial charge in [0.15, 0.2) is 5.65 Å². The first-order chi connectivity index (χ1) is 11.1. The van der Waals surface area contributed by atoms with Gasteiger partial charge >= 0.3 is 0 Å². The van der Waals surface area contributed by atoms with Gasteiger partial charge in [-0.25, -0.2) is 23.4 Å². The zero-order chi connectivity index (χ0) is 16.0. The van der Waals surface area contributed by atoms with Crippen LogP contribution in [0, 0.1) is 0 Å². The summed E-state index contributed by atoms with van der Waals surface area (Å²) in [5.74, 6) is 0.836.